The maximum atomic E-state index is 12.5. The van der Waals surface area contributed by atoms with Gasteiger partial charge in [0.05, 0.1) is 17.7 Å². The summed E-state index contributed by atoms with van der Waals surface area (Å²) >= 11 is 0. The molecule has 0 aliphatic carbocycles. The summed E-state index contributed by atoms with van der Waals surface area (Å²) in [4.78, 5) is 0.219. The molecule has 0 heterocycles. The van der Waals surface area contributed by atoms with Crippen molar-refractivity contribution in [2.24, 2.45) is 0 Å². The molecule has 5 nitrogen and oxygen atoms in total. The maximum absolute atomic E-state index is 12.5. The molecule has 0 unspecified atom stereocenters. The van der Waals surface area contributed by atoms with Crippen LogP contribution in [-0.2, 0) is 10.0 Å². The van der Waals surface area contributed by atoms with E-state index in [2.05, 4.69) is 0 Å². The van der Waals surface area contributed by atoms with Crippen LogP contribution in [-0.4, -0.2) is 32.9 Å². The van der Waals surface area contributed by atoms with Crippen molar-refractivity contribution in [2.75, 3.05) is 25.9 Å². The molecule has 0 spiro atoms. The molecule has 0 amide bonds. The van der Waals surface area contributed by atoms with Gasteiger partial charge in [0.2, 0.25) is 10.0 Å². The van der Waals surface area contributed by atoms with Crippen molar-refractivity contribution in [2.45, 2.75) is 31.6 Å². The summed E-state index contributed by atoms with van der Waals surface area (Å²) in [5.74, 6) is 0.382. The molecule has 2 N–H and O–H groups in total. The van der Waals surface area contributed by atoms with Crippen LogP contribution in [0.5, 0.6) is 5.75 Å². The number of nitrogens with zero attached hydrogens (tertiary/aromatic N) is 1. The monoisotopic (exact) mass is 286 g/mol. The first-order valence-electron chi connectivity index (χ1n) is 6.41. The maximum Gasteiger partial charge on any atom is 0.243 e. The fourth-order valence-corrected chi connectivity index (χ4v) is 3.29. The van der Waals surface area contributed by atoms with E-state index in [-0.39, 0.29) is 4.90 Å². The van der Waals surface area contributed by atoms with Crippen LogP contribution >= 0.6 is 0 Å². The van der Waals surface area contributed by atoms with Crippen molar-refractivity contribution in [3.8, 4) is 5.75 Å². The fraction of sp³-hybridized carbons (Fsp3) is 0.538. The first-order chi connectivity index (χ1) is 8.97. The van der Waals surface area contributed by atoms with Crippen LogP contribution in [0.25, 0.3) is 0 Å². The average molecular weight is 286 g/mol. The molecule has 0 atom stereocenters. The topological polar surface area (TPSA) is 72.6 Å². The highest BCUT2D eigenvalue weighted by molar-refractivity contribution is 7.89. The summed E-state index contributed by atoms with van der Waals surface area (Å²) in [5, 5.41) is 0. The van der Waals surface area contributed by atoms with Gasteiger partial charge in [-0.3, -0.25) is 0 Å². The van der Waals surface area contributed by atoms with Gasteiger partial charge in [0.1, 0.15) is 5.75 Å². The number of unbranched alkanes of at least 4 members (excludes halogenated alkanes) is 1. The number of rotatable bonds is 7. The molecule has 0 saturated carbocycles. The fourth-order valence-electron chi connectivity index (χ4n) is 1.78. The molecule has 0 aliphatic rings. The van der Waals surface area contributed by atoms with Crippen molar-refractivity contribution < 1.29 is 13.2 Å². The highest BCUT2D eigenvalue weighted by atomic mass is 32.2. The zero-order valence-corrected chi connectivity index (χ0v) is 12.5. The molecule has 0 aliphatic heterocycles. The van der Waals surface area contributed by atoms with E-state index in [0.717, 1.165) is 12.8 Å². The number of ether oxygens (including phenoxy) is 1. The lowest BCUT2D eigenvalue weighted by molar-refractivity contribution is 0.410. The Morgan fingerprint density at radius 3 is 2.53 bits per heavy atom. The van der Waals surface area contributed by atoms with Crippen molar-refractivity contribution in [3.05, 3.63) is 18.2 Å². The van der Waals surface area contributed by atoms with Crippen LogP contribution in [0, 0.1) is 0 Å². The van der Waals surface area contributed by atoms with Crippen LogP contribution in [0.3, 0.4) is 0 Å². The SMILES string of the molecule is CCCCN(CC)S(=O)(=O)c1ccc(N)c(OC)c1. The second-order valence-corrected chi connectivity index (χ2v) is 6.19. The standard InChI is InChI=1S/C13H22N2O3S/c1-4-6-9-15(5-2)19(16,17)11-7-8-12(14)13(10-11)18-3/h7-8,10H,4-6,9,14H2,1-3H3. The number of benzene rings is 1. The van der Waals surface area contributed by atoms with Gasteiger partial charge in [-0.25, -0.2) is 8.42 Å². The number of methoxy groups -OCH3 is 1. The second kappa shape index (κ2) is 6.77. The number of anilines is 1. The van der Waals surface area contributed by atoms with Crippen molar-refractivity contribution >= 4 is 15.7 Å². The van der Waals surface area contributed by atoms with E-state index in [1.807, 2.05) is 13.8 Å². The quantitative estimate of drug-likeness (QED) is 0.779. The van der Waals surface area contributed by atoms with Crippen LogP contribution in [0.1, 0.15) is 26.7 Å². The molecule has 1 aromatic rings. The van der Waals surface area contributed by atoms with Gasteiger partial charge in [-0.15, -0.1) is 0 Å². The average Bonchev–Trinajstić information content (AvgIpc) is 2.39. The van der Waals surface area contributed by atoms with Gasteiger partial charge in [0.25, 0.3) is 0 Å². The molecular formula is C13H22N2O3S. The second-order valence-electron chi connectivity index (χ2n) is 4.25. The lowest BCUT2D eigenvalue weighted by Gasteiger charge is -2.20. The Morgan fingerprint density at radius 1 is 1.32 bits per heavy atom. The van der Waals surface area contributed by atoms with E-state index >= 15 is 0 Å². The molecule has 1 rings (SSSR count). The minimum absolute atomic E-state index is 0.219. The molecule has 1 aromatic carbocycles. The van der Waals surface area contributed by atoms with Gasteiger partial charge < -0.3 is 10.5 Å². The van der Waals surface area contributed by atoms with Gasteiger partial charge in [-0.1, -0.05) is 20.3 Å². The van der Waals surface area contributed by atoms with Gasteiger partial charge in [-0.05, 0) is 18.6 Å². The third kappa shape index (κ3) is 3.61. The minimum atomic E-state index is -3.47. The molecule has 108 valence electrons. The normalized spacial score (nSPS) is 11.8. The Morgan fingerprint density at radius 2 is 2.00 bits per heavy atom. The van der Waals surface area contributed by atoms with E-state index < -0.39 is 10.0 Å². The third-order valence-electron chi connectivity index (χ3n) is 2.96. The smallest absolute Gasteiger partial charge is 0.243 e. The zero-order valence-electron chi connectivity index (χ0n) is 11.7. The highest BCUT2D eigenvalue weighted by Crippen LogP contribution is 2.26. The summed E-state index contributed by atoms with van der Waals surface area (Å²) < 4.78 is 31.5. The third-order valence-corrected chi connectivity index (χ3v) is 4.93. The largest absolute Gasteiger partial charge is 0.495 e. The lowest BCUT2D eigenvalue weighted by atomic mass is 10.3. The van der Waals surface area contributed by atoms with E-state index in [9.17, 15) is 8.42 Å². The number of hydrogen-bond donors (Lipinski definition) is 1. The molecule has 0 radical (unpaired) electrons. The van der Waals surface area contributed by atoms with Gasteiger partial charge >= 0.3 is 0 Å². The van der Waals surface area contributed by atoms with Crippen molar-refractivity contribution in [3.63, 3.8) is 0 Å². The Kier molecular flexibility index (Phi) is 5.62. The lowest BCUT2D eigenvalue weighted by Crippen LogP contribution is -2.31. The Labute approximate surface area is 115 Å². The summed E-state index contributed by atoms with van der Waals surface area (Å²) in [6.45, 7) is 4.85. The molecule has 0 saturated heterocycles. The summed E-state index contributed by atoms with van der Waals surface area (Å²) in [7, 11) is -2.01. The first-order valence-corrected chi connectivity index (χ1v) is 7.85. The van der Waals surface area contributed by atoms with Gasteiger partial charge in [0, 0.05) is 19.2 Å². The van der Waals surface area contributed by atoms with E-state index in [4.69, 9.17) is 10.5 Å². The number of nitrogen functional groups attached to an aromatic ring is 1. The van der Waals surface area contributed by atoms with E-state index in [1.165, 1.54) is 23.5 Å². The number of nitrogens with two attached hydrogens (primary N) is 1. The zero-order chi connectivity index (χ0) is 14.5. The number of hydrogen-bond acceptors (Lipinski definition) is 4. The van der Waals surface area contributed by atoms with E-state index in [0.29, 0.717) is 24.5 Å². The van der Waals surface area contributed by atoms with Gasteiger partial charge in [0.15, 0.2) is 0 Å². The van der Waals surface area contributed by atoms with Crippen LogP contribution in [0.15, 0.2) is 23.1 Å². The molecule has 6 heteroatoms. The Balaban J connectivity index is 3.11. The van der Waals surface area contributed by atoms with Crippen LogP contribution < -0.4 is 10.5 Å². The highest BCUT2D eigenvalue weighted by Gasteiger charge is 2.23. The summed E-state index contributed by atoms with van der Waals surface area (Å²) in [5.41, 5.74) is 6.13. The Bertz CT molecular complexity index is 515. The molecule has 0 bridgehead atoms. The minimum Gasteiger partial charge on any atom is -0.495 e. The molecule has 0 fully saturated rings. The van der Waals surface area contributed by atoms with E-state index in [1.54, 1.807) is 6.07 Å². The predicted octanol–water partition coefficient (Wildman–Crippen LogP) is 2.09. The van der Waals surface area contributed by atoms with Gasteiger partial charge in [-0.2, -0.15) is 4.31 Å². The first kappa shape index (κ1) is 15.8. The van der Waals surface area contributed by atoms with Crippen molar-refractivity contribution in [1.29, 1.82) is 0 Å². The van der Waals surface area contributed by atoms with Crippen LogP contribution in [0.4, 0.5) is 5.69 Å². The summed E-state index contributed by atoms with van der Waals surface area (Å²) in [6, 6.07) is 4.54. The summed E-state index contributed by atoms with van der Waals surface area (Å²) in [6.07, 6.45) is 1.80. The molecule has 19 heavy (non-hydrogen) atoms. The number of sulfonamides is 1. The Hall–Kier alpha value is -1.27. The molecular weight excluding hydrogens is 264 g/mol. The van der Waals surface area contributed by atoms with Crippen LogP contribution in [0.2, 0.25) is 0 Å². The predicted molar refractivity (Wildman–Crippen MR) is 76.7 cm³/mol. The molecule has 0 aromatic heterocycles. The van der Waals surface area contributed by atoms with Crippen molar-refractivity contribution in [1.82, 2.24) is 4.31 Å².